The van der Waals surface area contributed by atoms with E-state index < -0.39 is 12.1 Å². The summed E-state index contributed by atoms with van der Waals surface area (Å²) in [6.07, 6.45) is -0.0212. The van der Waals surface area contributed by atoms with Gasteiger partial charge in [0, 0.05) is 17.8 Å². The molecule has 0 spiro atoms. The lowest BCUT2D eigenvalue weighted by atomic mass is 10.1. The van der Waals surface area contributed by atoms with Crippen molar-refractivity contribution in [1.29, 1.82) is 0 Å². The van der Waals surface area contributed by atoms with Crippen molar-refractivity contribution in [3.63, 3.8) is 0 Å². The van der Waals surface area contributed by atoms with Crippen molar-refractivity contribution in [1.82, 2.24) is 5.32 Å². The number of nitrogens with one attached hydrogen (secondary N) is 2. The molecule has 0 unspecified atom stereocenters. The van der Waals surface area contributed by atoms with Gasteiger partial charge in [0.15, 0.2) is 0 Å². The fraction of sp³-hybridized carbons (Fsp3) is 0.278. The molecule has 0 fully saturated rings. The van der Waals surface area contributed by atoms with Crippen molar-refractivity contribution in [2.45, 2.75) is 19.1 Å². The van der Waals surface area contributed by atoms with Crippen LogP contribution in [0.2, 0.25) is 0 Å². The van der Waals surface area contributed by atoms with E-state index in [1.807, 2.05) is 18.2 Å². The number of amides is 2. The summed E-state index contributed by atoms with van der Waals surface area (Å²) >= 11 is 0. The Bertz CT molecular complexity index is 721. The third-order valence-electron chi connectivity index (χ3n) is 3.78. The Morgan fingerprint density at radius 2 is 2.00 bits per heavy atom. The summed E-state index contributed by atoms with van der Waals surface area (Å²) in [6.45, 7) is 0.701. The standard InChI is InChI=1S/C18H23N3O4/c19-18(25)21-15-3-1-2-12(8-15)6-7-20-10-17(24)13-4-5-16(23)14(9-13)11-22/h1-5,8-9,17,20,22-24H,6-7,10-11H2,(H3,19,21,25)/t17-/m0/s1. The smallest absolute Gasteiger partial charge is 0.316 e. The summed E-state index contributed by atoms with van der Waals surface area (Å²) in [7, 11) is 0. The van der Waals surface area contributed by atoms with Crippen LogP contribution in [-0.4, -0.2) is 34.4 Å². The van der Waals surface area contributed by atoms with E-state index in [-0.39, 0.29) is 12.4 Å². The molecule has 7 N–H and O–H groups in total. The number of anilines is 1. The molecule has 2 aromatic carbocycles. The van der Waals surface area contributed by atoms with Crippen molar-refractivity contribution in [2.24, 2.45) is 5.73 Å². The highest BCUT2D eigenvalue weighted by atomic mass is 16.3. The molecule has 7 nitrogen and oxygen atoms in total. The molecular weight excluding hydrogens is 322 g/mol. The fourth-order valence-electron chi connectivity index (χ4n) is 2.48. The molecule has 7 heteroatoms. The Morgan fingerprint density at radius 1 is 1.20 bits per heavy atom. The quantitative estimate of drug-likeness (QED) is 0.401. The number of hydrogen-bond acceptors (Lipinski definition) is 5. The summed E-state index contributed by atoms with van der Waals surface area (Å²) in [5, 5.41) is 34.6. The van der Waals surface area contributed by atoms with Crippen LogP contribution in [0.1, 0.15) is 22.8 Å². The monoisotopic (exact) mass is 345 g/mol. The molecule has 0 saturated carbocycles. The Hall–Kier alpha value is -2.61. The maximum atomic E-state index is 10.9. The van der Waals surface area contributed by atoms with Gasteiger partial charge in [0.05, 0.1) is 12.7 Å². The van der Waals surface area contributed by atoms with Crippen molar-refractivity contribution >= 4 is 11.7 Å². The minimum atomic E-state index is -0.742. The van der Waals surface area contributed by atoms with Gasteiger partial charge in [-0.25, -0.2) is 4.79 Å². The Kier molecular flexibility index (Phi) is 6.76. The number of carbonyl (C=O) groups excluding carboxylic acids is 1. The van der Waals surface area contributed by atoms with Crippen LogP contribution in [0, 0.1) is 0 Å². The first-order chi connectivity index (χ1) is 12.0. The zero-order valence-electron chi connectivity index (χ0n) is 13.8. The van der Waals surface area contributed by atoms with Gasteiger partial charge in [-0.05, 0) is 48.4 Å². The van der Waals surface area contributed by atoms with Gasteiger partial charge in [-0.1, -0.05) is 18.2 Å². The van der Waals surface area contributed by atoms with Crippen molar-refractivity contribution in [3.05, 3.63) is 59.2 Å². The molecule has 134 valence electrons. The number of carbonyl (C=O) groups is 1. The van der Waals surface area contributed by atoms with E-state index in [2.05, 4.69) is 10.6 Å². The minimum absolute atomic E-state index is 0.0101. The summed E-state index contributed by atoms with van der Waals surface area (Å²) in [5.74, 6) is 0.0101. The topological polar surface area (TPSA) is 128 Å². The predicted octanol–water partition coefficient (Wildman–Crippen LogP) is 1.24. The molecule has 0 bridgehead atoms. The second kappa shape index (κ2) is 9.03. The average molecular weight is 345 g/mol. The van der Waals surface area contributed by atoms with Gasteiger partial charge in [-0.15, -0.1) is 0 Å². The molecule has 0 aliphatic carbocycles. The first-order valence-electron chi connectivity index (χ1n) is 7.96. The van der Waals surface area contributed by atoms with Crippen LogP contribution in [-0.2, 0) is 13.0 Å². The number of benzene rings is 2. The predicted molar refractivity (Wildman–Crippen MR) is 95.2 cm³/mol. The normalized spacial score (nSPS) is 11.9. The second-order valence-corrected chi connectivity index (χ2v) is 5.71. The number of hydrogen-bond donors (Lipinski definition) is 6. The molecule has 0 aromatic heterocycles. The zero-order chi connectivity index (χ0) is 18.2. The molecule has 0 radical (unpaired) electrons. The van der Waals surface area contributed by atoms with Crippen molar-refractivity contribution in [3.8, 4) is 5.75 Å². The SMILES string of the molecule is NC(=O)Nc1cccc(CCNC[C@H](O)c2ccc(O)c(CO)c2)c1. The highest BCUT2D eigenvalue weighted by molar-refractivity contribution is 5.87. The molecule has 0 aliphatic rings. The van der Waals surface area contributed by atoms with Gasteiger partial charge in [0.2, 0.25) is 0 Å². The molecule has 0 heterocycles. The van der Waals surface area contributed by atoms with E-state index in [1.54, 1.807) is 18.2 Å². The lowest BCUT2D eigenvalue weighted by molar-refractivity contribution is 0.174. The molecule has 2 amide bonds. The highest BCUT2D eigenvalue weighted by Gasteiger charge is 2.10. The first-order valence-corrected chi connectivity index (χ1v) is 7.96. The molecule has 0 saturated heterocycles. The van der Waals surface area contributed by atoms with Crippen LogP contribution < -0.4 is 16.4 Å². The molecule has 2 aromatic rings. The van der Waals surface area contributed by atoms with E-state index in [0.29, 0.717) is 29.9 Å². The van der Waals surface area contributed by atoms with E-state index in [1.165, 1.54) is 6.07 Å². The number of aromatic hydroxyl groups is 1. The first kappa shape index (κ1) is 18.7. The average Bonchev–Trinajstić information content (AvgIpc) is 2.58. The van der Waals surface area contributed by atoms with E-state index in [4.69, 9.17) is 10.8 Å². The lowest BCUT2D eigenvalue weighted by Gasteiger charge is -2.14. The highest BCUT2D eigenvalue weighted by Crippen LogP contribution is 2.22. The van der Waals surface area contributed by atoms with Gasteiger partial charge in [-0.2, -0.15) is 0 Å². The van der Waals surface area contributed by atoms with Crippen LogP contribution in [0.15, 0.2) is 42.5 Å². The van der Waals surface area contributed by atoms with E-state index >= 15 is 0 Å². The van der Waals surface area contributed by atoms with Crippen LogP contribution in [0.3, 0.4) is 0 Å². The van der Waals surface area contributed by atoms with E-state index in [9.17, 15) is 15.0 Å². The number of rotatable bonds is 8. The maximum absolute atomic E-state index is 10.9. The summed E-state index contributed by atoms with van der Waals surface area (Å²) in [4.78, 5) is 10.9. The minimum Gasteiger partial charge on any atom is -0.508 e. The van der Waals surface area contributed by atoms with Crippen LogP contribution >= 0.6 is 0 Å². The van der Waals surface area contributed by atoms with Crippen molar-refractivity contribution in [2.75, 3.05) is 18.4 Å². The maximum Gasteiger partial charge on any atom is 0.316 e. The van der Waals surface area contributed by atoms with Crippen LogP contribution in [0.5, 0.6) is 5.75 Å². The van der Waals surface area contributed by atoms with Gasteiger partial charge >= 0.3 is 6.03 Å². The summed E-state index contributed by atoms with van der Waals surface area (Å²) in [6, 6.07) is 11.4. The fourth-order valence-corrected chi connectivity index (χ4v) is 2.48. The third-order valence-corrected chi connectivity index (χ3v) is 3.78. The Labute approximate surface area is 146 Å². The largest absolute Gasteiger partial charge is 0.508 e. The number of urea groups is 1. The molecule has 2 rings (SSSR count). The zero-order valence-corrected chi connectivity index (χ0v) is 13.8. The second-order valence-electron chi connectivity index (χ2n) is 5.71. The number of nitrogens with two attached hydrogens (primary N) is 1. The van der Waals surface area contributed by atoms with Crippen LogP contribution in [0.25, 0.3) is 0 Å². The third kappa shape index (κ3) is 5.75. The number of aliphatic hydroxyl groups excluding tert-OH is 2. The Balaban J connectivity index is 1.81. The van der Waals surface area contributed by atoms with Gasteiger partial charge in [0.25, 0.3) is 0 Å². The molecule has 1 atom stereocenters. The Morgan fingerprint density at radius 3 is 2.72 bits per heavy atom. The van der Waals surface area contributed by atoms with Gasteiger partial charge in [0.1, 0.15) is 5.75 Å². The summed E-state index contributed by atoms with van der Waals surface area (Å²) < 4.78 is 0. The van der Waals surface area contributed by atoms with Gasteiger partial charge < -0.3 is 31.7 Å². The van der Waals surface area contributed by atoms with Crippen LogP contribution in [0.4, 0.5) is 10.5 Å². The lowest BCUT2D eigenvalue weighted by Crippen LogP contribution is -2.24. The van der Waals surface area contributed by atoms with E-state index in [0.717, 1.165) is 12.0 Å². The molecular formula is C18H23N3O4. The number of primary amides is 1. The van der Waals surface area contributed by atoms with Crippen molar-refractivity contribution < 1.29 is 20.1 Å². The molecule has 25 heavy (non-hydrogen) atoms. The van der Waals surface area contributed by atoms with Gasteiger partial charge in [-0.3, -0.25) is 0 Å². The number of aliphatic hydroxyl groups is 2. The number of phenols is 1. The summed E-state index contributed by atoms with van der Waals surface area (Å²) in [5.41, 5.74) is 7.78. The molecule has 0 aliphatic heterocycles.